The number of aromatic nitrogens is 4. The van der Waals surface area contributed by atoms with Crippen molar-refractivity contribution in [1.29, 1.82) is 0 Å². The molecule has 0 aliphatic rings. The largest absolute Gasteiger partial charge is 0.364 e. The maximum absolute atomic E-state index is 12.5. The van der Waals surface area contributed by atoms with Crippen molar-refractivity contribution < 1.29 is 4.79 Å². The number of primary amides is 1. The van der Waals surface area contributed by atoms with E-state index >= 15 is 0 Å². The van der Waals surface area contributed by atoms with Crippen molar-refractivity contribution in [1.82, 2.24) is 19.5 Å². The van der Waals surface area contributed by atoms with Crippen molar-refractivity contribution in [2.75, 3.05) is 0 Å². The molecule has 128 valence electrons. The van der Waals surface area contributed by atoms with Gasteiger partial charge in [-0.3, -0.25) is 4.79 Å². The molecule has 0 fully saturated rings. The van der Waals surface area contributed by atoms with Gasteiger partial charge in [-0.25, -0.2) is 19.3 Å². The Balaban J connectivity index is 2.10. The summed E-state index contributed by atoms with van der Waals surface area (Å²) in [6, 6.07) is 15.9. The van der Waals surface area contributed by atoms with Crippen LogP contribution in [0.3, 0.4) is 0 Å². The zero-order valence-corrected chi connectivity index (χ0v) is 14.1. The molecule has 2 heterocycles. The van der Waals surface area contributed by atoms with Crippen LogP contribution in [0.15, 0.2) is 59.4 Å². The lowest BCUT2D eigenvalue weighted by Crippen LogP contribution is -2.15. The lowest BCUT2D eigenvalue weighted by atomic mass is 10.2. The van der Waals surface area contributed by atoms with E-state index in [1.807, 2.05) is 6.07 Å². The topological polar surface area (TPSA) is 107 Å². The number of para-hydroxylation sites is 1. The molecule has 0 bridgehead atoms. The molecule has 7 nitrogen and oxygen atoms in total. The van der Waals surface area contributed by atoms with Gasteiger partial charge in [0.2, 0.25) is 0 Å². The van der Waals surface area contributed by atoms with Gasteiger partial charge in [0.15, 0.2) is 17.2 Å². The van der Waals surface area contributed by atoms with Gasteiger partial charge in [-0.2, -0.15) is 0 Å². The van der Waals surface area contributed by atoms with Gasteiger partial charge < -0.3 is 10.7 Å². The van der Waals surface area contributed by atoms with Crippen LogP contribution < -0.4 is 11.4 Å². The minimum atomic E-state index is -0.771. The second kappa shape index (κ2) is 6.12. The number of halogens is 1. The molecule has 3 N–H and O–H groups in total. The summed E-state index contributed by atoms with van der Waals surface area (Å²) in [5, 5.41) is 0.423. The molecule has 4 rings (SSSR count). The van der Waals surface area contributed by atoms with E-state index < -0.39 is 11.6 Å². The number of H-pyrrole nitrogens is 1. The van der Waals surface area contributed by atoms with Crippen molar-refractivity contribution in [3.05, 3.63) is 75.8 Å². The zero-order valence-electron chi connectivity index (χ0n) is 13.3. The van der Waals surface area contributed by atoms with Gasteiger partial charge in [0.25, 0.3) is 5.91 Å². The summed E-state index contributed by atoms with van der Waals surface area (Å²) in [6.07, 6.45) is 0. The molecule has 26 heavy (non-hydrogen) atoms. The van der Waals surface area contributed by atoms with Crippen LogP contribution in [-0.2, 0) is 0 Å². The van der Waals surface area contributed by atoms with Crippen molar-refractivity contribution in [2.45, 2.75) is 0 Å². The number of benzene rings is 2. The SMILES string of the molecule is NC(=O)c1nc(-c2ccccc2Cl)nc2c1[nH]c(=O)n2-c1ccccc1. The Morgan fingerprint density at radius 1 is 1.04 bits per heavy atom. The Labute approximate surface area is 152 Å². The molecule has 0 aliphatic heterocycles. The van der Waals surface area contributed by atoms with Crippen LogP contribution in [-0.4, -0.2) is 25.4 Å². The summed E-state index contributed by atoms with van der Waals surface area (Å²) >= 11 is 6.23. The highest BCUT2D eigenvalue weighted by Crippen LogP contribution is 2.27. The van der Waals surface area contributed by atoms with Crippen molar-refractivity contribution in [2.24, 2.45) is 5.73 Å². The van der Waals surface area contributed by atoms with E-state index in [0.717, 1.165) is 0 Å². The van der Waals surface area contributed by atoms with Gasteiger partial charge in [-0.1, -0.05) is 41.9 Å². The Morgan fingerprint density at radius 2 is 1.73 bits per heavy atom. The van der Waals surface area contributed by atoms with Gasteiger partial charge in [-0.05, 0) is 24.3 Å². The zero-order chi connectivity index (χ0) is 18.3. The maximum atomic E-state index is 12.5. The summed E-state index contributed by atoms with van der Waals surface area (Å²) in [5.74, 6) is -0.562. The first-order valence-corrected chi connectivity index (χ1v) is 8.07. The predicted molar refractivity (Wildman–Crippen MR) is 98.4 cm³/mol. The third kappa shape index (κ3) is 2.55. The molecule has 0 radical (unpaired) electrons. The van der Waals surface area contributed by atoms with Crippen molar-refractivity contribution in [3.63, 3.8) is 0 Å². The van der Waals surface area contributed by atoms with Crippen LogP contribution in [0.25, 0.3) is 28.2 Å². The lowest BCUT2D eigenvalue weighted by Gasteiger charge is -2.07. The Morgan fingerprint density at radius 3 is 2.42 bits per heavy atom. The highest BCUT2D eigenvalue weighted by molar-refractivity contribution is 6.33. The first-order valence-electron chi connectivity index (χ1n) is 7.69. The monoisotopic (exact) mass is 365 g/mol. The number of nitrogens with one attached hydrogen (secondary N) is 1. The first kappa shape index (κ1) is 16.0. The number of fused-ring (bicyclic) bond motifs is 1. The van der Waals surface area contributed by atoms with E-state index in [9.17, 15) is 9.59 Å². The quantitative estimate of drug-likeness (QED) is 0.581. The molecule has 0 saturated heterocycles. The summed E-state index contributed by atoms with van der Waals surface area (Å²) < 4.78 is 1.36. The number of carbonyl (C=O) groups excluding carboxylic acids is 1. The van der Waals surface area contributed by atoms with E-state index in [1.54, 1.807) is 48.5 Å². The number of nitrogens with two attached hydrogens (primary N) is 1. The molecule has 2 aromatic heterocycles. The molecule has 0 saturated carbocycles. The minimum Gasteiger partial charge on any atom is -0.364 e. The normalized spacial score (nSPS) is 11.0. The summed E-state index contributed by atoms with van der Waals surface area (Å²) in [4.78, 5) is 35.7. The fourth-order valence-corrected chi connectivity index (χ4v) is 2.96. The number of hydrogen-bond donors (Lipinski definition) is 2. The predicted octanol–water partition coefficient (Wildman–Crippen LogP) is 2.53. The summed E-state index contributed by atoms with van der Waals surface area (Å²) in [6.45, 7) is 0. The molecule has 0 aliphatic carbocycles. The molecule has 0 spiro atoms. The van der Waals surface area contributed by atoms with Crippen LogP contribution in [0.2, 0.25) is 5.02 Å². The standard InChI is InChI=1S/C18H12ClN5O2/c19-12-9-5-4-8-11(12)16-21-13(15(20)25)14-17(23-16)24(18(26)22-14)10-6-2-1-3-7-10/h1-9H,(H2,20,25)(H,22,26). The van der Waals surface area contributed by atoms with Crippen LogP contribution in [0.1, 0.15) is 10.5 Å². The fourth-order valence-electron chi connectivity index (χ4n) is 2.74. The van der Waals surface area contributed by atoms with E-state index in [0.29, 0.717) is 16.3 Å². The van der Waals surface area contributed by atoms with Gasteiger partial charge in [-0.15, -0.1) is 0 Å². The first-order chi connectivity index (χ1) is 12.6. The number of hydrogen-bond acceptors (Lipinski definition) is 4. The number of rotatable bonds is 3. The lowest BCUT2D eigenvalue weighted by molar-refractivity contribution is 0.0997. The molecule has 0 unspecified atom stereocenters. The van der Waals surface area contributed by atoms with E-state index in [2.05, 4.69) is 15.0 Å². The minimum absolute atomic E-state index is 0.0725. The molecule has 4 aromatic rings. The maximum Gasteiger partial charge on any atom is 0.332 e. The number of carbonyl (C=O) groups is 1. The Bertz CT molecular complexity index is 1200. The molecule has 1 amide bonds. The van der Waals surface area contributed by atoms with Gasteiger partial charge in [0.05, 0.1) is 10.7 Å². The second-order valence-electron chi connectivity index (χ2n) is 5.54. The van der Waals surface area contributed by atoms with Crippen LogP contribution in [0.4, 0.5) is 0 Å². The van der Waals surface area contributed by atoms with E-state index in [1.165, 1.54) is 4.57 Å². The van der Waals surface area contributed by atoms with Crippen LogP contribution in [0.5, 0.6) is 0 Å². The molecule has 2 aromatic carbocycles. The van der Waals surface area contributed by atoms with Crippen molar-refractivity contribution >= 4 is 28.7 Å². The van der Waals surface area contributed by atoms with Gasteiger partial charge in [0, 0.05) is 5.56 Å². The summed E-state index contributed by atoms with van der Waals surface area (Å²) in [7, 11) is 0. The molecule has 0 atom stereocenters. The fraction of sp³-hybridized carbons (Fsp3) is 0. The Hall–Kier alpha value is -3.45. The van der Waals surface area contributed by atoms with Crippen molar-refractivity contribution in [3.8, 4) is 17.1 Å². The number of nitrogens with zero attached hydrogens (tertiary/aromatic N) is 3. The third-order valence-corrected chi connectivity index (χ3v) is 4.23. The number of aromatic amines is 1. The Kier molecular flexibility index (Phi) is 3.78. The average Bonchev–Trinajstić information content (AvgIpc) is 2.97. The second-order valence-corrected chi connectivity index (χ2v) is 5.95. The smallest absolute Gasteiger partial charge is 0.332 e. The van der Waals surface area contributed by atoms with Crippen LogP contribution in [0, 0.1) is 0 Å². The van der Waals surface area contributed by atoms with Crippen LogP contribution >= 0.6 is 11.6 Å². The van der Waals surface area contributed by atoms with E-state index in [-0.39, 0.29) is 22.7 Å². The molecular weight excluding hydrogens is 354 g/mol. The average molecular weight is 366 g/mol. The highest BCUT2D eigenvalue weighted by Gasteiger charge is 2.20. The number of imidazole rings is 1. The molecular formula is C18H12ClN5O2. The van der Waals surface area contributed by atoms with E-state index in [4.69, 9.17) is 17.3 Å². The molecule has 8 heteroatoms. The van der Waals surface area contributed by atoms with Gasteiger partial charge >= 0.3 is 5.69 Å². The van der Waals surface area contributed by atoms with Gasteiger partial charge in [0.1, 0.15) is 5.52 Å². The highest BCUT2D eigenvalue weighted by atomic mass is 35.5. The number of amides is 1. The summed E-state index contributed by atoms with van der Waals surface area (Å²) in [5.41, 5.74) is 6.52. The third-order valence-electron chi connectivity index (χ3n) is 3.90.